The molecule has 0 bridgehead atoms. The number of carbonyl (C=O) groups is 2. The minimum atomic E-state index is -1.08. The Bertz CT molecular complexity index is 677. The van der Waals surface area contributed by atoms with Gasteiger partial charge in [-0.15, -0.1) is 0 Å². The first kappa shape index (κ1) is 13.4. The van der Waals surface area contributed by atoms with Crippen molar-refractivity contribution in [2.45, 2.75) is 0 Å². The van der Waals surface area contributed by atoms with Gasteiger partial charge in [0.25, 0.3) is 0 Å². The molecule has 1 heterocycles. The molecular formula is C13H11BrN2O3. The van der Waals surface area contributed by atoms with Crippen molar-refractivity contribution in [3.8, 4) is 0 Å². The molecule has 0 aliphatic rings. The quantitative estimate of drug-likeness (QED) is 0.670. The highest BCUT2D eigenvalue weighted by atomic mass is 79.9. The fraction of sp³-hybridized carbons (Fsp3) is 0.0769. The number of anilines is 1. The molecule has 0 saturated heterocycles. The van der Waals surface area contributed by atoms with Crippen LogP contribution in [0.15, 0.2) is 34.9 Å². The second-order valence-electron chi connectivity index (χ2n) is 4.07. The number of ketones is 1. The van der Waals surface area contributed by atoms with Crippen LogP contribution in [-0.4, -0.2) is 21.4 Å². The zero-order chi connectivity index (χ0) is 14.2. The summed E-state index contributed by atoms with van der Waals surface area (Å²) in [4.78, 5) is 23.3. The van der Waals surface area contributed by atoms with Gasteiger partial charge in [0, 0.05) is 30.1 Å². The van der Waals surface area contributed by atoms with Crippen molar-refractivity contribution in [1.82, 2.24) is 4.57 Å². The van der Waals surface area contributed by atoms with Gasteiger partial charge in [0.05, 0.1) is 4.47 Å². The molecule has 0 spiro atoms. The van der Waals surface area contributed by atoms with E-state index in [0.717, 1.165) is 0 Å². The Kier molecular flexibility index (Phi) is 3.44. The van der Waals surface area contributed by atoms with Crippen molar-refractivity contribution in [1.29, 1.82) is 0 Å². The first-order valence-electron chi connectivity index (χ1n) is 5.40. The summed E-state index contributed by atoms with van der Waals surface area (Å²) in [6.45, 7) is 0. The lowest BCUT2D eigenvalue weighted by atomic mass is 10.1. The highest BCUT2D eigenvalue weighted by Gasteiger charge is 2.18. The molecule has 0 aliphatic carbocycles. The summed E-state index contributed by atoms with van der Waals surface area (Å²) in [6.07, 6.45) is 1.49. The van der Waals surface area contributed by atoms with E-state index in [0.29, 0.717) is 21.3 Å². The molecule has 2 aromatic rings. The van der Waals surface area contributed by atoms with E-state index in [9.17, 15) is 9.59 Å². The number of hydrogen-bond acceptors (Lipinski definition) is 3. The Balaban J connectivity index is 2.48. The maximum absolute atomic E-state index is 12.3. The zero-order valence-corrected chi connectivity index (χ0v) is 11.6. The number of aryl methyl sites for hydroxylation is 1. The molecular weight excluding hydrogens is 312 g/mol. The van der Waals surface area contributed by atoms with E-state index in [1.807, 2.05) is 0 Å². The van der Waals surface area contributed by atoms with E-state index >= 15 is 0 Å². The lowest BCUT2D eigenvalue weighted by molar-refractivity contribution is 0.0686. The highest BCUT2D eigenvalue weighted by Crippen LogP contribution is 2.26. The maximum Gasteiger partial charge on any atom is 0.352 e. The van der Waals surface area contributed by atoms with Gasteiger partial charge in [0.1, 0.15) is 5.69 Å². The van der Waals surface area contributed by atoms with Crippen LogP contribution in [0.25, 0.3) is 0 Å². The summed E-state index contributed by atoms with van der Waals surface area (Å²) in [5.41, 5.74) is 6.96. The highest BCUT2D eigenvalue weighted by molar-refractivity contribution is 9.10. The van der Waals surface area contributed by atoms with Crippen molar-refractivity contribution >= 4 is 33.4 Å². The van der Waals surface area contributed by atoms with Crippen LogP contribution in [0.2, 0.25) is 0 Å². The molecule has 0 unspecified atom stereocenters. The number of nitrogens with two attached hydrogens (primary N) is 1. The molecule has 0 radical (unpaired) electrons. The Morgan fingerprint density at radius 1 is 1.37 bits per heavy atom. The molecule has 5 nitrogen and oxygen atoms in total. The molecule has 1 aromatic heterocycles. The summed E-state index contributed by atoms with van der Waals surface area (Å²) in [5.74, 6) is -1.35. The first-order valence-corrected chi connectivity index (χ1v) is 6.19. The normalized spacial score (nSPS) is 10.4. The van der Waals surface area contributed by atoms with Crippen molar-refractivity contribution in [2.75, 3.05) is 5.73 Å². The Hall–Kier alpha value is -2.08. The van der Waals surface area contributed by atoms with Crippen LogP contribution < -0.4 is 5.73 Å². The summed E-state index contributed by atoms with van der Waals surface area (Å²) in [7, 11) is 1.58. The van der Waals surface area contributed by atoms with Gasteiger partial charge >= 0.3 is 5.97 Å². The lowest BCUT2D eigenvalue weighted by Gasteiger charge is -2.04. The van der Waals surface area contributed by atoms with Gasteiger partial charge in [-0.3, -0.25) is 4.79 Å². The number of carboxylic acids is 1. The van der Waals surface area contributed by atoms with Gasteiger partial charge in [-0.1, -0.05) is 6.07 Å². The predicted octanol–water partition coefficient (Wildman–Crippen LogP) is 2.30. The number of nitrogens with zero attached hydrogens (tertiary/aromatic N) is 1. The maximum atomic E-state index is 12.3. The average Bonchev–Trinajstić information content (AvgIpc) is 2.74. The topological polar surface area (TPSA) is 85.3 Å². The van der Waals surface area contributed by atoms with E-state index in [-0.39, 0.29) is 11.5 Å². The van der Waals surface area contributed by atoms with E-state index in [4.69, 9.17) is 10.8 Å². The number of aromatic carboxylic acids is 1. The fourth-order valence-corrected chi connectivity index (χ4v) is 2.23. The Labute approximate surface area is 117 Å². The molecule has 98 valence electrons. The van der Waals surface area contributed by atoms with Crippen LogP contribution in [0.5, 0.6) is 0 Å². The van der Waals surface area contributed by atoms with Crippen molar-refractivity contribution < 1.29 is 14.7 Å². The number of carboxylic acid groups (broad SMARTS) is 1. The number of hydrogen-bond donors (Lipinski definition) is 2. The minimum absolute atomic E-state index is 0.0587. The fourth-order valence-electron chi connectivity index (χ4n) is 1.78. The lowest BCUT2D eigenvalue weighted by Crippen LogP contribution is -2.03. The van der Waals surface area contributed by atoms with Gasteiger partial charge in [0.2, 0.25) is 0 Å². The number of nitrogen functional groups attached to an aromatic ring is 1. The number of carbonyl (C=O) groups excluding carboxylic acids is 1. The van der Waals surface area contributed by atoms with Crippen LogP contribution in [-0.2, 0) is 7.05 Å². The molecule has 0 amide bonds. The van der Waals surface area contributed by atoms with E-state index in [1.165, 1.54) is 16.8 Å². The summed E-state index contributed by atoms with van der Waals surface area (Å²) >= 11 is 3.26. The molecule has 1 aromatic carbocycles. The molecule has 2 rings (SSSR count). The third-order valence-electron chi connectivity index (χ3n) is 2.76. The summed E-state index contributed by atoms with van der Waals surface area (Å²) in [6, 6.07) is 6.33. The number of rotatable bonds is 3. The van der Waals surface area contributed by atoms with Crippen LogP contribution in [0.3, 0.4) is 0 Å². The van der Waals surface area contributed by atoms with Gasteiger partial charge in [-0.2, -0.15) is 0 Å². The van der Waals surface area contributed by atoms with E-state index < -0.39 is 5.97 Å². The third kappa shape index (κ3) is 2.39. The molecule has 0 aliphatic heterocycles. The SMILES string of the molecule is Cn1cc(C(=O)c2cccc(N)c2Br)cc1C(=O)O. The minimum Gasteiger partial charge on any atom is -0.477 e. The molecule has 19 heavy (non-hydrogen) atoms. The predicted molar refractivity (Wildman–Crippen MR) is 74.4 cm³/mol. The molecule has 3 N–H and O–H groups in total. The van der Waals surface area contributed by atoms with Crippen LogP contribution >= 0.6 is 15.9 Å². The van der Waals surface area contributed by atoms with Crippen molar-refractivity contribution in [3.63, 3.8) is 0 Å². The smallest absolute Gasteiger partial charge is 0.352 e. The van der Waals surface area contributed by atoms with Crippen LogP contribution in [0.1, 0.15) is 26.4 Å². The van der Waals surface area contributed by atoms with Gasteiger partial charge in [-0.25, -0.2) is 4.79 Å². The second-order valence-corrected chi connectivity index (χ2v) is 4.86. The first-order chi connectivity index (χ1) is 8.91. The Morgan fingerprint density at radius 2 is 2.05 bits per heavy atom. The average molecular weight is 323 g/mol. The number of halogens is 1. The van der Waals surface area contributed by atoms with Crippen LogP contribution in [0.4, 0.5) is 5.69 Å². The zero-order valence-electron chi connectivity index (χ0n) is 10.1. The second kappa shape index (κ2) is 4.89. The van der Waals surface area contributed by atoms with Crippen LogP contribution in [0, 0.1) is 0 Å². The number of aromatic nitrogens is 1. The molecule has 0 atom stereocenters. The molecule has 0 fully saturated rings. The summed E-state index contributed by atoms with van der Waals surface area (Å²) in [5, 5.41) is 8.97. The van der Waals surface area contributed by atoms with E-state index in [2.05, 4.69) is 15.9 Å². The third-order valence-corrected chi connectivity index (χ3v) is 3.64. The summed E-state index contributed by atoms with van der Waals surface area (Å²) < 4.78 is 1.91. The van der Waals surface area contributed by atoms with Crippen molar-refractivity contribution in [2.24, 2.45) is 7.05 Å². The Morgan fingerprint density at radius 3 is 2.63 bits per heavy atom. The monoisotopic (exact) mass is 322 g/mol. The standard InChI is InChI=1S/C13H11BrN2O3/c1-16-6-7(5-10(16)13(18)19)12(17)8-3-2-4-9(15)11(8)14/h2-6H,15H2,1H3,(H,18,19). The largest absolute Gasteiger partial charge is 0.477 e. The molecule has 0 saturated carbocycles. The number of benzene rings is 1. The van der Waals surface area contributed by atoms with Crippen molar-refractivity contribution in [3.05, 3.63) is 51.8 Å². The van der Waals surface area contributed by atoms with E-state index in [1.54, 1.807) is 25.2 Å². The van der Waals surface area contributed by atoms with Gasteiger partial charge in [0.15, 0.2) is 5.78 Å². The van der Waals surface area contributed by atoms with Gasteiger partial charge in [-0.05, 0) is 34.1 Å². The molecule has 6 heteroatoms. The van der Waals surface area contributed by atoms with Gasteiger partial charge < -0.3 is 15.4 Å².